The highest BCUT2D eigenvalue weighted by Crippen LogP contribution is 2.24. The quantitative estimate of drug-likeness (QED) is 0.888. The zero-order valence-electron chi connectivity index (χ0n) is 12.8. The van der Waals surface area contributed by atoms with E-state index in [-0.39, 0.29) is 0 Å². The molecule has 116 valence electrons. The number of aromatic nitrogens is 2. The second-order valence-electron chi connectivity index (χ2n) is 5.42. The second kappa shape index (κ2) is 7.22. The van der Waals surface area contributed by atoms with E-state index in [1.165, 1.54) is 5.56 Å². The summed E-state index contributed by atoms with van der Waals surface area (Å²) in [6.07, 6.45) is 3.59. The Morgan fingerprint density at radius 3 is 3.09 bits per heavy atom. The van der Waals surface area contributed by atoms with Crippen molar-refractivity contribution in [3.05, 3.63) is 47.9 Å². The monoisotopic (exact) mass is 299 g/mol. The van der Waals surface area contributed by atoms with Crippen molar-refractivity contribution >= 4 is 5.82 Å². The molecular formula is C17H21N3O2. The van der Waals surface area contributed by atoms with Crippen LogP contribution in [0.2, 0.25) is 0 Å². The predicted molar refractivity (Wildman–Crippen MR) is 85.4 cm³/mol. The summed E-state index contributed by atoms with van der Waals surface area (Å²) < 4.78 is 10.7. The van der Waals surface area contributed by atoms with Gasteiger partial charge in [-0.1, -0.05) is 12.1 Å². The number of nitrogens with zero attached hydrogens (tertiary/aromatic N) is 2. The lowest BCUT2D eigenvalue weighted by molar-refractivity contribution is 0.193. The van der Waals surface area contributed by atoms with E-state index in [1.54, 1.807) is 13.4 Å². The van der Waals surface area contributed by atoms with Gasteiger partial charge in [0.05, 0.1) is 19.4 Å². The summed E-state index contributed by atoms with van der Waals surface area (Å²) in [6, 6.07) is 10.2. The fourth-order valence-electron chi connectivity index (χ4n) is 2.62. The van der Waals surface area contributed by atoms with Crippen LogP contribution in [0.15, 0.2) is 36.7 Å². The van der Waals surface area contributed by atoms with Crippen LogP contribution < -0.4 is 10.1 Å². The van der Waals surface area contributed by atoms with E-state index >= 15 is 0 Å². The summed E-state index contributed by atoms with van der Waals surface area (Å²) in [6.45, 7) is 2.42. The Labute approximate surface area is 130 Å². The first-order chi connectivity index (χ1) is 10.8. The molecule has 1 aliphatic heterocycles. The van der Waals surface area contributed by atoms with Crippen molar-refractivity contribution in [2.75, 3.05) is 32.2 Å². The van der Waals surface area contributed by atoms with Crippen molar-refractivity contribution in [3.63, 3.8) is 0 Å². The number of anilines is 1. The molecule has 2 aromatic rings. The lowest BCUT2D eigenvalue weighted by Gasteiger charge is -2.10. The molecule has 22 heavy (non-hydrogen) atoms. The minimum absolute atomic E-state index is 0.405. The SMILES string of the molecule is COc1cccc(CCNc2cc(C3CCOC3)ncn2)c1. The Kier molecular flexibility index (Phi) is 4.85. The molecule has 1 aliphatic rings. The third-order valence-electron chi connectivity index (χ3n) is 3.89. The summed E-state index contributed by atoms with van der Waals surface area (Å²) in [5, 5.41) is 3.36. The number of hydrogen-bond acceptors (Lipinski definition) is 5. The van der Waals surface area contributed by atoms with Gasteiger partial charge in [-0.05, 0) is 30.5 Å². The van der Waals surface area contributed by atoms with Crippen molar-refractivity contribution in [1.82, 2.24) is 9.97 Å². The number of hydrogen-bond donors (Lipinski definition) is 1. The number of ether oxygens (including phenoxy) is 2. The van der Waals surface area contributed by atoms with Gasteiger partial charge in [0.1, 0.15) is 17.9 Å². The van der Waals surface area contributed by atoms with Crippen LogP contribution in [0.4, 0.5) is 5.82 Å². The summed E-state index contributed by atoms with van der Waals surface area (Å²) in [5.74, 6) is 2.17. The Morgan fingerprint density at radius 2 is 2.27 bits per heavy atom. The van der Waals surface area contributed by atoms with Gasteiger partial charge in [0, 0.05) is 25.1 Å². The molecule has 0 amide bonds. The first-order valence-corrected chi connectivity index (χ1v) is 7.61. The number of rotatable bonds is 6. The van der Waals surface area contributed by atoms with Crippen LogP contribution in [0.3, 0.4) is 0 Å². The average molecular weight is 299 g/mol. The molecule has 0 radical (unpaired) electrons. The molecule has 0 spiro atoms. The van der Waals surface area contributed by atoms with E-state index in [0.717, 1.165) is 49.9 Å². The van der Waals surface area contributed by atoms with E-state index in [1.807, 2.05) is 18.2 Å². The molecule has 1 aromatic carbocycles. The second-order valence-corrected chi connectivity index (χ2v) is 5.42. The third-order valence-corrected chi connectivity index (χ3v) is 3.89. The van der Waals surface area contributed by atoms with E-state index in [0.29, 0.717) is 5.92 Å². The highest BCUT2D eigenvalue weighted by atomic mass is 16.5. The first kappa shape index (κ1) is 14.8. The standard InChI is InChI=1S/C17H21N3O2/c1-21-15-4-2-3-13(9-15)5-7-18-17-10-16(19-12-20-17)14-6-8-22-11-14/h2-4,9-10,12,14H,5-8,11H2,1H3,(H,18,19,20). The molecule has 0 aliphatic carbocycles. The molecule has 5 nitrogen and oxygen atoms in total. The summed E-state index contributed by atoms with van der Waals surface area (Å²) >= 11 is 0. The smallest absolute Gasteiger partial charge is 0.129 e. The van der Waals surface area contributed by atoms with Crippen molar-refractivity contribution in [2.24, 2.45) is 0 Å². The number of methoxy groups -OCH3 is 1. The Balaban J connectivity index is 1.55. The predicted octanol–water partition coefficient (Wildman–Crippen LogP) is 2.64. The van der Waals surface area contributed by atoms with Crippen LogP contribution in [0.5, 0.6) is 5.75 Å². The maximum absolute atomic E-state index is 5.42. The van der Waals surface area contributed by atoms with E-state index < -0.39 is 0 Å². The molecule has 2 heterocycles. The van der Waals surface area contributed by atoms with Crippen LogP contribution in [-0.4, -0.2) is 36.8 Å². The summed E-state index contributed by atoms with van der Waals surface area (Å²) in [4.78, 5) is 8.65. The van der Waals surface area contributed by atoms with E-state index in [4.69, 9.17) is 9.47 Å². The van der Waals surface area contributed by atoms with Crippen LogP contribution >= 0.6 is 0 Å². The molecule has 5 heteroatoms. The topological polar surface area (TPSA) is 56.3 Å². The highest BCUT2D eigenvalue weighted by molar-refractivity contribution is 5.36. The fourth-order valence-corrected chi connectivity index (χ4v) is 2.62. The fraction of sp³-hybridized carbons (Fsp3) is 0.412. The normalized spacial score (nSPS) is 17.4. The third kappa shape index (κ3) is 3.74. The van der Waals surface area contributed by atoms with Crippen LogP contribution in [0, 0.1) is 0 Å². The van der Waals surface area contributed by atoms with Gasteiger partial charge in [-0.25, -0.2) is 9.97 Å². The highest BCUT2D eigenvalue weighted by Gasteiger charge is 2.19. The van der Waals surface area contributed by atoms with Gasteiger partial charge in [0.25, 0.3) is 0 Å². The maximum Gasteiger partial charge on any atom is 0.129 e. The molecule has 1 aromatic heterocycles. The Hall–Kier alpha value is -2.14. The van der Waals surface area contributed by atoms with E-state index in [9.17, 15) is 0 Å². The van der Waals surface area contributed by atoms with Crippen molar-refractivity contribution in [3.8, 4) is 5.75 Å². The van der Waals surface area contributed by atoms with Crippen LogP contribution in [0.1, 0.15) is 23.6 Å². The molecule has 1 saturated heterocycles. The van der Waals surface area contributed by atoms with Crippen LogP contribution in [0.25, 0.3) is 0 Å². The molecule has 1 N–H and O–H groups in total. The molecular weight excluding hydrogens is 278 g/mol. The summed E-state index contributed by atoms with van der Waals surface area (Å²) in [5.41, 5.74) is 2.31. The Morgan fingerprint density at radius 1 is 1.32 bits per heavy atom. The Bertz CT molecular complexity index is 612. The minimum Gasteiger partial charge on any atom is -0.497 e. The van der Waals surface area contributed by atoms with Crippen molar-refractivity contribution in [1.29, 1.82) is 0 Å². The molecule has 1 atom stereocenters. The first-order valence-electron chi connectivity index (χ1n) is 7.61. The van der Waals surface area contributed by atoms with Gasteiger partial charge in [-0.2, -0.15) is 0 Å². The molecule has 1 fully saturated rings. The molecule has 0 bridgehead atoms. The average Bonchev–Trinajstić information content (AvgIpc) is 3.10. The largest absolute Gasteiger partial charge is 0.497 e. The minimum atomic E-state index is 0.405. The maximum atomic E-state index is 5.42. The van der Waals surface area contributed by atoms with Gasteiger partial charge in [-0.15, -0.1) is 0 Å². The molecule has 1 unspecified atom stereocenters. The van der Waals surface area contributed by atoms with Gasteiger partial charge in [0.15, 0.2) is 0 Å². The van der Waals surface area contributed by atoms with Gasteiger partial charge in [0.2, 0.25) is 0 Å². The molecule has 3 rings (SSSR count). The van der Waals surface area contributed by atoms with Crippen molar-refractivity contribution in [2.45, 2.75) is 18.8 Å². The molecule has 0 saturated carbocycles. The number of benzene rings is 1. The summed E-state index contributed by atoms with van der Waals surface area (Å²) in [7, 11) is 1.69. The van der Waals surface area contributed by atoms with Gasteiger partial charge >= 0.3 is 0 Å². The zero-order valence-corrected chi connectivity index (χ0v) is 12.8. The number of nitrogens with one attached hydrogen (secondary N) is 1. The zero-order chi connectivity index (χ0) is 15.2. The van der Waals surface area contributed by atoms with Gasteiger partial charge < -0.3 is 14.8 Å². The van der Waals surface area contributed by atoms with E-state index in [2.05, 4.69) is 27.4 Å². The lowest BCUT2D eigenvalue weighted by Crippen LogP contribution is -2.08. The van der Waals surface area contributed by atoms with Gasteiger partial charge in [-0.3, -0.25) is 0 Å². The van der Waals surface area contributed by atoms with Crippen LogP contribution in [-0.2, 0) is 11.2 Å². The van der Waals surface area contributed by atoms with Crippen molar-refractivity contribution < 1.29 is 9.47 Å². The lowest BCUT2D eigenvalue weighted by atomic mass is 10.1.